The molecule has 1 N–H and O–H groups in total. The van der Waals surface area contributed by atoms with E-state index in [1.807, 2.05) is 6.20 Å². The molecule has 1 spiro atoms. The van der Waals surface area contributed by atoms with Gasteiger partial charge in [-0.15, -0.1) is 0 Å². The van der Waals surface area contributed by atoms with E-state index in [-0.39, 0.29) is 10.8 Å². The first-order valence-electron chi connectivity index (χ1n) is 11.1. The molecule has 0 radical (unpaired) electrons. The van der Waals surface area contributed by atoms with E-state index in [2.05, 4.69) is 22.1 Å². The highest BCUT2D eigenvalue weighted by atomic mass is 16.5. The van der Waals surface area contributed by atoms with Crippen molar-refractivity contribution in [2.45, 2.75) is 57.5 Å². The highest BCUT2D eigenvalue weighted by Gasteiger charge is 2.50. The van der Waals surface area contributed by atoms with Crippen molar-refractivity contribution in [1.29, 1.82) is 0 Å². The zero-order chi connectivity index (χ0) is 19.9. The molecular weight excluding hydrogens is 368 g/mol. The molecule has 1 atom stereocenters. The van der Waals surface area contributed by atoms with Gasteiger partial charge in [-0.2, -0.15) is 0 Å². The number of carbonyl (C=O) groups excluding carboxylic acids is 1. The normalized spacial score (nSPS) is 28.8. The van der Waals surface area contributed by atoms with Gasteiger partial charge in [0.1, 0.15) is 0 Å². The molecule has 1 aromatic heterocycles. The second kappa shape index (κ2) is 7.51. The summed E-state index contributed by atoms with van der Waals surface area (Å²) in [5.41, 5.74) is 1.81. The summed E-state index contributed by atoms with van der Waals surface area (Å²) >= 11 is 0. The molecule has 4 aliphatic rings. The number of rotatable bonds is 4. The zero-order valence-corrected chi connectivity index (χ0v) is 17.4. The minimum Gasteiger partial charge on any atom is -0.381 e. The molecule has 4 heterocycles. The second-order valence-corrected chi connectivity index (χ2v) is 9.67. The fraction of sp³-hybridized carbons (Fsp3) is 0.773. The summed E-state index contributed by atoms with van der Waals surface area (Å²) in [6.45, 7) is 7.41. The van der Waals surface area contributed by atoms with Crippen LogP contribution in [0.3, 0.4) is 0 Å². The van der Waals surface area contributed by atoms with Gasteiger partial charge >= 0.3 is 0 Å². The lowest BCUT2D eigenvalue weighted by molar-refractivity contribution is -0.145. The van der Waals surface area contributed by atoms with Crippen LogP contribution >= 0.6 is 0 Å². The molecule has 29 heavy (non-hydrogen) atoms. The maximum Gasteiger partial charge on any atom is 0.228 e. The minimum absolute atomic E-state index is 0.147. The Hall–Kier alpha value is -1.73. The Balaban J connectivity index is 1.32. The van der Waals surface area contributed by atoms with E-state index in [1.165, 1.54) is 6.42 Å². The van der Waals surface area contributed by atoms with Crippen molar-refractivity contribution in [1.82, 2.24) is 14.9 Å². The van der Waals surface area contributed by atoms with Gasteiger partial charge in [0.2, 0.25) is 11.9 Å². The predicted molar refractivity (Wildman–Crippen MR) is 109 cm³/mol. The van der Waals surface area contributed by atoms with Gasteiger partial charge in [0, 0.05) is 50.0 Å². The number of hydrogen-bond acceptors (Lipinski definition) is 6. The number of nitrogens with one attached hydrogen (secondary N) is 1. The van der Waals surface area contributed by atoms with Gasteiger partial charge in [0.25, 0.3) is 0 Å². The van der Waals surface area contributed by atoms with E-state index >= 15 is 0 Å². The number of ether oxygens (including phenoxy) is 2. The lowest BCUT2D eigenvalue weighted by Crippen LogP contribution is -2.47. The summed E-state index contributed by atoms with van der Waals surface area (Å²) in [6, 6.07) is 0. The zero-order valence-electron chi connectivity index (χ0n) is 17.4. The van der Waals surface area contributed by atoms with Crippen LogP contribution in [0.15, 0.2) is 6.20 Å². The molecule has 1 aromatic rings. The van der Waals surface area contributed by atoms with Crippen LogP contribution in [-0.4, -0.2) is 60.2 Å². The molecule has 1 saturated carbocycles. The van der Waals surface area contributed by atoms with E-state index in [9.17, 15) is 4.79 Å². The summed E-state index contributed by atoms with van der Waals surface area (Å²) in [5, 5.41) is 3.45. The summed E-state index contributed by atoms with van der Waals surface area (Å²) < 4.78 is 11.4. The van der Waals surface area contributed by atoms with Gasteiger partial charge in [-0.05, 0) is 38.0 Å². The molecule has 0 aromatic carbocycles. The maximum atomic E-state index is 13.1. The fourth-order valence-corrected chi connectivity index (χ4v) is 5.33. The van der Waals surface area contributed by atoms with Gasteiger partial charge in [-0.3, -0.25) is 4.79 Å². The largest absolute Gasteiger partial charge is 0.381 e. The minimum atomic E-state index is -0.193. The molecule has 2 saturated heterocycles. The van der Waals surface area contributed by atoms with Crippen molar-refractivity contribution >= 4 is 11.9 Å². The van der Waals surface area contributed by atoms with Gasteiger partial charge < -0.3 is 19.7 Å². The quantitative estimate of drug-likeness (QED) is 0.837. The van der Waals surface area contributed by atoms with E-state index in [1.54, 1.807) is 0 Å². The van der Waals surface area contributed by atoms with Gasteiger partial charge in [-0.25, -0.2) is 9.97 Å². The number of hydrogen-bond donors (Lipinski definition) is 1. The average Bonchev–Trinajstić information content (AvgIpc) is 3.16. The number of anilines is 1. The van der Waals surface area contributed by atoms with Crippen LogP contribution in [0.25, 0.3) is 0 Å². The van der Waals surface area contributed by atoms with Crippen molar-refractivity contribution in [3.8, 4) is 0 Å². The molecule has 1 amide bonds. The number of carbonyl (C=O) groups is 1. The van der Waals surface area contributed by atoms with Crippen LogP contribution in [0, 0.1) is 11.3 Å². The molecule has 5 rings (SSSR count). The Bertz CT molecular complexity index is 775. The number of fused-ring (bicyclic) bond motifs is 2. The lowest BCUT2D eigenvalue weighted by Gasteiger charge is -2.40. The Labute approximate surface area is 172 Å². The maximum absolute atomic E-state index is 13.1. The molecule has 158 valence electrons. The highest BCUT2D eigenvalue weighted by Crippen LogP contribution is 2.45. The number of likely N-dealkylation sites (tertiary alicyclic amines) is 1. The van der Waals surface area contributed by atoms with Crippen LogP contribution in [0.2, 0.25) is 0 Å². The summed E-state index contributed by atoms with van der Waals surface area (Å²) in [6.07, 6.45) is 8.21. The Kier molecular flexibility index (Phi) is 4.98. The average molecular weight is 401 g/mol. The molecular formula is C22H32N4O3. The first-order chi connectivity index (χ1) is 14.1. The molecule has 1 aliphatic carbocycles. The van der Waals surface area contributed by atoms with E-state index < -0.39 is 0 Å². The molecule has 3 aliphatic heterocycles. The van der Waals surface area contributed by atoms with Gasteiger partial charge in [0.15, 0.2) is 0 Å². The molecule has 1 unspecified atom stereocenters. The number of aromatic nitrogens is 2. The van der Waals surface area contributed by atoms with Crippen molar-refractivity contribution in [2.75, 3.05) is 44.8 Å². The molecule has 3 fully saturated rings. The van der Waals surface area contributed by atoms with E-state index in [4.69, 9.17) is 14.5 Å². The predicted octanol–water partition coefficient (Wildman–Crippen LogP) is 2.51. The first kappa shape index (κ1) is 19.2. The third-order valence-electron chi connectivity index (χ3n) is 7.51. The van der Waals surface area contributed by atoms with Crippen molar-refractivity contribution in [3.63, 3.8) is 0 Å². The van der Waals surface area contributed by atoms with E-state index in [0.29, 0.717) is 37.5 Å². The Morgan fingerprint density at radius 2 is 2.10 bits per heavy atom. The van der Waals surface area contributed by atoms with Crippen LogP contribution in [0.5, 0.6) is 0 Å². The highest BCUT2D eigenvalue weighted by molar-refractivity contribution is 5.83. The third-order valence-corrected chi connectivity index (χ3v) is 7.51. The van der Waals surface area contributed by atoms with Crippen molar-refractivity contribution in [2.24, 2.45) is 11.3 Å². The lowest BCUT2D eigenvalue weighted by atomic mass is 9.69. The number of nitrogens with zero attached hydrogens (tertiary/aromatic N) is 3. The third kappa shape index (κ3) is 3.52. The van der Waals surface area contributed by atoms with Gasteiger partial charge in [0.05, 0.1) is 24.3 Å². The van der Waals surface area contributed by atoms with Crippen LogP contribution in [-0.2, 0) is 26.3 Å². The van der Waals surface area contributed by atoms with E-state index in [0.717, 1.165) is 69.7 Å². The van der Waals surface area contributed by atoms with Gasteiger partial charge in [-0.1, -0.05) is 13.3 Å². The Morgan fingerprint density at radius 1 is 1.28 bits per heavy atom. The molecule has 7 heteroatoms. The molecule has 7 nitrogen and oxygen atoms in total. The number of amides is 1. The first-order valence-corrected chi connectivity index (χ1v) is 11.1. The fourth-order valence-electron chi connectivity index (χ4n) is 5.33. The Morgan fingerprint density at radius 3 is 2.86 bits per heavy atom. The van der Waals surface area contributed by atoms with Crippen LogP contribution in [0.4, 0.5) is 5.95 Å². The monoisotopic (exact) mass is 400 g/mol. The second-order valence-electron chi connectivity index (χ2n) is 9.67. The van der Waals surface area contributed by atoms with Crippen LogP contribution in [0.1, 0.15) is 56.7 Å². The summed E-state index contributed by atoms with van der Waals surface area (Å²) in [5.74, 6) is 1.63. The summed E-state index contributed by atoms with van der Waals surface area (Å²) in [4.78, 5) is 24.6. The SMILES string of the molecule is CC1(C(=O)N2CCC3(COCc4cnc(NCC5CCOCC5)nc43)C2)CCC1. The standard InChI is InChI=1S/C22H32N4O3/c1-21(5-2-6-21)19(27)26-8-7-22(14-26)15-29-13-17-12-24-20(25-18(17)22)23-11-16-3-9-28-10-4-16/h12,16H,2-11,13-15H2,1H3,(H,23,24,25). The smallest absolute Gasteiger partial charge is 0.228 e. The topological polar surface area (TPSA) is 76.6 Å². The van der Waals surface area contributed by atoms with Crippen LogP contribution < -0.4 is 5.32 Å². The van der Waals surface area contributed by atoms with Crippen molar-refractivity contribution in [3.05, 3.63) is 17.5 Å². The summed E-state index contributed by atoms with van der Waals surface area (Å²) in [7, 11) is 0. The molecule has 0 bridgehead atoms. The van der Waals surface area contributed by atoms with Crippen molar-refractivity contribution < 1.29 is 14.3 Å².